The zero-order chi connectivity index (χ0) is 9.42. The van der Waals surface area contributed by atoms with Crippen LogP contribution in [0.15, 0.2) is 12.3 Å². The fraction of sp³-hybridized carbons (Fsp3) is 0.125. The minimum absolute atomic E-state index is 0.287. The number of aromatic nitrogens is 3. The monoisotopic (exact) mass is 213 g/mol. The van der Waals surface area contributed by atoms with Crippen LogP contribution in [-0.2, 0) is 0 Å². The molecule has 2 aromatic heterocycles. The lowest BCUT2D eigenvalue weighted by atomic mass is 10.3. The van der Waals surface area contributed by atoms with Gasteiger partial charge in [-0.15, -0.1) is 0 Å². The van der Waals surface area contributed by atoms with E-state index in [-0.39, 0.29) is 5.15 Å². The fourth-order valence-corrected chi connectivity index (χ4v) is 1.52. The van der Waals surface area contributed by atoms with Crippen LogP contribution in [-0.4, -0.2) is 15.0 Å². The second-order valence-electron chi connectivity index (χ2n) is 2.61. The molecule has 0 radical (unpaired) electrons. The third-order valence-corrected chi connectivity index (χ3v) is 2.03. The highest BCUT2D eigenvalue weighted by Gasteiger charge is 2.04. The van der Waals surface area contributed by atoms with Crippen molar-refractivity contribution in [1.29, 1.82) is 0 Å². The van der Waals surface area contributed by atoms with E-state index in [1.165, 1.54) is 0 Å². The minimum atomic E-state index is 0.287. The highest BCUT2D eigenvalue weighted by Crippen LogP contribution is 2.21. The van der Waals surface area contributed by atoms with E-state index >= 15 is 0 Å². The molecule has 0 aliphatic carbocycles. The van der Waals surface area contributed by atoms with Crippen molar-refractivity contribution in [2.75, 3.05) is 0 Å². The summed E-state index contributed by atoms with van der Waals surface area (Å²) in [6.45, 7) is 1.86. The van der Waals surface area contributed by atoms with E-state index in [1.54, 1.807) is 12.3 Å². The number of pyridine rings is 1. The lowest BCUT2D eigenvalue weighted by Crippen LogP contribution is -1.90. The van der Waals surface area contributed by atoms with E-state index in [4.69, 9.17) is 23.2 Å². The van der Waals surface area contributed by atoms with Gasteiger partial charge in [0, 0.05) is 12.3 Å². The summed E-state index contributed by atoms with van der Waals surface area (Å²) in [5.41, 5.74) is 2.08. The van der Waals surface area contributed by atoms with Crippen LogP contribution in [0.5, 0.6) is 0 Å². The van der Waals surface area contributed by atoms with Crippen molar-refractivity contribution >= 4 is 34.2 Å². The smallest absolute Gasteiger partial charge is 0.158 e. The van der Waals surface area contributed by atoms with Gasteiger partial charge in [0.2, 0.25) is 0 Å². The molecular weight excluding hydrogens is 209 g/mol. The average Bonchev–Trinajstić information content (AvgIpc) is 2.02. The first-order valence-corrected chi connectivity index (χ1v) is 4.38. The lowest BCUT2D eigenvalue weighted by Gasteiger charge is -1.99. The summed E-state index contributed by atoms with van der Waals surface area (Å²) < 4.78 is 0. The van der Waals surface area contributed by atoms with Crippen molar-refractivity contribution in [2.24, 2.45) is 0 Å². The summed E-state index contributed by atoms with van der Waals surface area (Å²) in [7, 11) is 0. The van der Waals surface area contributed by atoms with Crippen molar-refractivity contribution < 1.29 is 0 Å². The summed E-state index contributed by atoms with van der Waals surface area (Å²) in [6.07, 6.45) is 1.64. The molecule has 0 atom stereocenters. The molecule has 0 aliphatic rings. The van der Waals surface area contributed by atoms with Crippen LogP contribution in [0.1, 0.15) is 5.69 Å². The number of halogens is 2. The fourth-order valence-electron chi connectivity index (χ4n) is 1.05. The second kappa shape index (κ2) is 3.09. The Morgan fingerprint density at radius 1 is 1.23 bits per heavy atom. The second-order valence-corrected chi connectivity index (χ2v) is 3.36. The van der Waals surface area contributed by atoms with Gasteiger partial charge in [-0.25, -0.2) is 15.0 Å². The van der Waals surface area contributed by atoms with Crippen molar-refractivity contribution in [3.8, 4) is 0 Å². The molecular formula is C8H5Cl2N3. The zero-order valence-electron chi connectivity index (χ0n) is 6.75. The molecule has 0 fully saturated rings. The standard InChI is InChI=1S/C8H5Cl2N3/c1-4-3-11-7-5(12-4)2-6(9)13-8(7)10/h2-3H,1H3. The van der Waals surface area contributed by atoms with Crippen LogP contribution >= 0.6 is 23.2 Å². The van der Waals surface area contributed by atoms with Gasteiger partial charge < -0.3 is 0 Å². The van der Waals surface area contributed by atoms with Gasteiger partial charge in [-0.2, -0.15) is 0 Å². The van der Waals surface area contributed by atoms with E-state index in [1.807, 2.05) is 6.92 Å². The van der Waals surface area contributed by atoms with Gasteiger partial charge in [0.25, 0.3) is 0 Å². The predicted molar refractivity (Wildman–Crippen MR) is 52.1 cm³/mol. The molecule has 2 aromatic rings. The normalized spacial score (nSPS) is 10.7. The van der Waals surface area contributed by atoms with Crippen LogP contribution in [0, 0.1) is 6.92 Å². The van der Waals surface area contributed by atoms with Gasteiger partial charge in [-0.1, -0.05) is 23.2 Å². The summed E-state index contributed by atoms with van der Waals surface area (Å²) in [5, 5.41) is 0.618. The Bertz CT molecular complexity index is 465. The van der Waals surface area contributed by atoms with Gasteiger partial charge in [0.1, 0.15) is 10.7 Å². The minimum Gasteiger partial charge on any atom is -0.250 e. The maximum absolute atomic E-state index is 5.82. The molecule has 3 nitrogen and oxygen atoms in total. The van der Waals surface area contributed by atoms with E-state index in [0.29, 0.717) is 16.2 Å². The molecule has 0 saturated carbocycles. The van der Waals surface area contributed by atoms with Crippen LogP contribution in [0.3, 0.4) is 0 Å². The highest BCUT2D eigenvalue weighted by atomic mass is 35.5. The first kappa shape index (κ1) is 8.66. The van der Waals surface area contributed by atoms with Crippen molar-refractivity contribution in [2.45, 2.75) is 6.92 Å². The number of aryl methyl sites for hydroxylation is 1. The van der Waals surface area contributed by atoms with E-state index in [2.05, 4.69) is 15.0 Å². The van der Waals surface area contributed by atoms with Crippen LogP contribution in [0.2, 0.25) is 10.3 Å². The third kappa shape index (κ3) is 1.57. The van der Waals surface area contributed by atoms with E-state index < -0.39 is 0 Å². The summed E-state index contributed by atoms with van der Waals surface area (Å²) >= 11 is 11.5. The van der Waals surface area contributed by atoms with Gasteiger partial charge in [0.15, 0.2) is 5.15 Å². The molecule has 0 bridgehead atoms. The molecule has 0 saturated heterocycles. The first-order valence-electron chi connectivity index (χ1n) is 3.62. The zero-order valence-corrected chi connectivity index (χ0v) is 8.26. The Hall–Kier alpha value is -0.930. The largest absolute Gasteiger partial charge is 0.250 e. The van der Waals surface area contributed by atoms with Crippen molar-refractivity contribution in [1.82, 2.24) is 15.0 Å². The SMILES string of the molecule is Cc1cnc2c(Cl)nc(Cl)cc2n1. The van der Waals surface area contributed by atoms with Crippen LogP contribution < -0.4 is 0 Å². The van der Waals surface area contributed by atoms with Gasteiger partial charge in [-0.05, 0) is 6.92 Å². The molecule has 13 heavy (non-hydrogen) atoms. The number of nitrogens with zero attached hydrogens (tertiary/aromatic N) is 3. The Morgan fingerprint density at radius 3 is 2.77 bits per heavy atom. The van der Waals surface area contributed by atoms with Gasteiger partial charge in [0.05, 0.1) is 11.2 Å². The Morgan fingerprint density at radius 2 is 2.00 bits per heavy atom. The first-order chi connectivity index (χ1) is 6.16. The molecule has 0 amide bonds. The lowest BCUT2D eigenvalue weighted by molar-refractivity contribution is 1.17. The van der Waals surface area contributed by atoms with Crippen molar-refractivity contribution in [3.05, 3.63) is 28.3 Å². The van der Waals surface area contributed by atoms with Gasteiger partial charge >= 0.3 is 0 Å². The topological polar surface area (TPSA) is 38.7 Å². The molecule has 66 valence electrons. The molecule has 0 N–H and O–H groups in total. The molecule has 0 aromatic carbocycles. The maximum Gasteiger partial charge on any atom is 0.158 e. The van der Waals surface area contributed by atoms with Crippen LogP contribution in [0.25, 0.3) is 11.0 Å². The Kier molecular flexibility index (Phi) is 2.06. The summed E-state index contributed by atoms with van der Waals surface area (Å²) in [4.78, 5) is 12.2. The molecule has 0 unspecified atom stereocenters. The number of hydrogen-bond acceptors (Lipinski definition) is 3. The molecule has 2 rings (SSSR count). The number of hydrogen-bond donors (Lipinski definition) is 0. The Labute approximate surface area is 84.7 Å². The molecule has 2 heterocycles. The maximum atomic E-state index is 5.82. The average molecular weight is 214 g/mol. The molecule has 0 aliphatic heterocycles. The number of rotatable bonds is 0. The Balaban J connectivity index is 2.86. The van der Waals surface area contributed by atoms with E-state index in [0.717, 1.165) is 5.69 Å². The number of fused-ring (bicyclic) bond motifs is 1. The van der Waals surface area contributed by atoms with Crippen LogP contribution in [0.4, 0.5) is 0 Å². The summed E-state index contributed by atoms with van der Waals surface area (Å²) in [5.74, 6) is 0. The predicted octanol–water partition coefficient (Wildman–Crippen LogP) is 2.64. The quantitative estimate of drug-likeness (QED) is 0.632. The van der Waals surface area contributed by atoms with E-state index in [9.17, 15) is 0 Å². The third-order valence-electron chi connectivity index (χ3n) is 1.58. The van der Waals surface area contributed by atoms with Crippen molar-refractivity contribution in [3.63, 3.8) is 0 Å². The van der Waals surface area contributed by atoms with Gasteiger partial charge in [-0.3, -0.25) is 0 Å². The summed E-state index contributed by atoms with van der Waals surface area (Å²) in [6, 6.07) is 1.64. The molecule has 0 spiro atoms. The highest BCUT2D eigenvalue weighted by molar-refractivity contribution is 6.35. The molecule has 5 heteroatoms.